The van der Waals surface area contributed by atoms with Gasteiger partial charge in [0.2, 0.25) is 5.76 Å². The van der Waals surface area contributed by atoms with E-state index in [4.69, 9.17) is 14.7 Å². The highest BCUT2D eigenvalue weighted by atomic mass is 16.5. The van der Waals surface area contributed by atoms with Crippen molar-refractivity contribution < 1.29 is 8.94 Å². The summed E-state index contributed by atoms with van der Waals surface area (Å²) < 4.78 is 11.0. The van der Waals surface area contributed by atoms with Gasteiger partial charge in [-0.05, 0) is 18.6 Å². The third kappa shape index (κ3) is 1.49. The highest BCUT2D eigenvalue weighted by molar-refractivity contribution is 5.82. The second-order valence-corrected chi connectivity index (χ2v) is 3.88. The number of aromatic nitrogens is 1. The molecular formula is C13H12N2O2. The molecule has 17 heavy (non-hydrogen) atoms. The maximum Gasteiger partial charge on any atom is 0.207 e. The number of benzene rings is 1. The van der Waals surface area contributed by atoms with Crippen LogP contribution in [0.4, 0.5) is 5.82 Å². The molecule has 0 saturated heterocycles. The normalized spacial score (nSPS) is 11.1. The number of rotatable bonds is 2. The molecule has 86 valence electrons. The zero-order valence-corrected chi connectivity index (χ0v) is 9.43. The molecule has 0 atom stereocenters. The fourth-order valence-electron chi connectivity index (χ4n) is 1.95. The second kappa shape index (κ2) is 3.66. The number of hydrogen-bond acceptors (Lipinski definition) is 4. The molecule has 0 fully saturated rings. The molecule has 0 aliphatic heterocycles. The van der Waals surface area contributed by atoms with Crippen LogP contribution in [0, 0.1) is 0 Å². The van der Waals surface area contributed by atoms with E-state index >= 15 is 0 Å². The summed E-state index contributed by atoms with van der Waals surface area (Å²) in [4.78, 5) is 0. The maximum absolute atomic E-state index is 5.74. The van der Waals surface area contributed by atoms with Gasteiger partial charge in [0.05, 0.1) is 0 Å². The van der Waals surface area contributed by atoms with Gasteiger partial charge in [0, 0.05) is 10.9 Å². The first-order valence-electron chi connectivity index (χ1n) is 5.52. The van der Waals surface area contributed by atoms with Crippen LogP contribution >= 0.6 is 0 Å². The third-order valence-electron chi connectivity index (χ3n) is 2.82. The zero-order valence-electron chi connectivity index (χ0n) is 9.43. The molecule has 0 aliphatic carbocycles. The molecule has 4 nitrogen and oxygen atoms in total. The van der Waals surface area contributed by atoms with Crippen LogP contribution in [-0.2, 0) is 6.42 Å². The van der Waals surface area contributed by atoms with Crippen molar-refractivity contribution >= 4 is 16.8 Å². The summed E-state index contributed by atoms with van der Waals surface area (Å²) in [5.74, 6) is 1.73. The maximum atomic E-state index is 5.74. The minimum Gasteiger partial charge on any atom is -0.453 e. The molecule has 0 radical (unpaired) electrons. The second-order valence-electron chi connectivity index (χ2n) is 3.88. The quantitative estimate of drug-likeness (QED) is 0.731. The molecule has 2 aromatic heterocycles. The minimum absolute atomic E-state index is 0.433. The standard InChI is InChI=1S/C13H12N2O2/c1-2-9-12(17-15-13(9)14)11-7-8-5-3-4-6-10(8)16-11/h3-7H,2H2,1H3,(H2,14,15). The lowest BCUT2D eigenvalue weighted by Crippen LogP contribution is -1.90. The van der Waals surface area contributed by atoms with Gasteiger partial charge < -0.3 is 14.7 Å². The summed E-state index contributed by atoms with van der Waals surface area (Å²) in [5, 5.41) is 4.82. The summed E-state index contributed by atoms with van der Waals surface area (Å²) in [6.45, 7) is 2.01. The van der Waals surface area contributed by atoms with Crippen LogP contribution in [0.3, 0.4) is 0 Å². The van der Waals surface area contributed by atoms with Gasteiger partial charge in [-0.25, -0.2) is 0 Å². The van der Waals surface area contributed by atoms with Crippen LogP contribution < -0.4 is 5.73 Å². The number of para-hydroxylation sites is 1. The Labute approximate surface area is 98.0 Å². The molecular weight excluding hydrogens is 216 g/mol. The number of fused-ring (bicyclic) bond motifs is 1. The third-order valence-corrected chi connectivity index (χ3v) is 2.82. The number of furan rings is 1. The highest BCUT2D eigenvalue weighted by Crippen LogP contribution is 2.32. The van der Waals surface area contributed by atoms with E-state index in [-0.39, 0.29) is 0 Å². The molecule has 3 rings (SSSR count). The largest absolute Gasteiger partial charge is 0.453 e. The lowest BCUT2D eigenvalue weighted by molar-refractivity contribution is 0.423. The number of anilines is 1. The summed E-state index contributed by atoms with van der Waals surface area (Å²) in [5.41, 5.74) is 7.46. The Morgan fingerprint density at radius 1 is 1.29 bits per heavy atom. The molecule has 2 heterocycles. The Morgan fingerprint density at radius 3 is 2.88 bits per heavy atom. The molecule has 4 heteroatoms. The average Bonchev–Trinajstić information content (AvgIpc) is 2.91. The van der Waals surface area contributed by atoms with Crippen molar-refractivity contribution in [1.29, 1.82) is 0 Å². The molecule has 0 bridgehead atoms. The van der Waals surface area contributed by atoms with Gasteiger partial charge in [0.15, 0.2) is 11.6 Å². The topological polar surface area (TPSA) is 65.2 Å². The van der Waals surface area contributed by atoms with Gasteiger partial charge >= 0.3 is 0 Å². The van der Waals surface area contributed by atoms with Crippen LogP contribution in [0.1, 0.15) is 12.5 Å². The predicted octanol–water partition coefficient (Wildman–Crippen LogP) is 3.23. The molecule has 0 saturated carbocycles. The molecule has 0 amide bonds. The summed E-state index contributed by atoms with van der Waals surface area (Å²) in [7, 11) is 0. The van der Waals surface area contributed by atoms with E-state index in [1.807, 2.05) is 37.3 Å². The number of nitrogen functional groups attached to an aromatic ring is 1. The lowest BCUT2D eigenvalue weighted by Gasteiger charge is -1.93. The first kappa shape index (κ1) is 9.96. The lowest BCUT2D eigenvalue weighted by atomic mass is 10.1. The predicted molar refractivity (Wildman–Crippen MR) is 65.5 cm³/mol. The van der Waals surface area contributed by atoms with Crippen LogP contribution in [-0.4, -0.2) is 5.16 Å². The van der Waals surface area contributed by atoms with E-state index in [9.17, 15) is 0 Å². The summed E-state index contributed by atoms with van der Waals surface area (Å²) in [6.07, 6.45) is 0.766. The summed E-state index contributed by atoms with van der Waals surface area (Å²) >= 11 is 0. The molecule has 0 unspecified atom stereocenters. The van der Waals surface area contributed by atoms with Crippen molar-refractivity contribution in [3.05, 3.63) is 35.9 Å². The number of hydrogen-bond donors (Lipinski definition) is 1. The van der Waals surface area contributed by atoms with Gasteiger partial charge in [0.1, 0.15) is 5.58 Å². The minimum atomic E-state index is 0.433. The Hall–Kier alpha value is -2.23. The Balaban J connectivity index is 2.20. The van der Waals surface area contributed by atoms with Crippen molar-refractivity contribution in [2.75, 3.05) is 5.73 Å². The van der Waals surface area contributed by atoms with E-state index in [1.165, 1.54) is 0 Å². The fraction of sp³-hybridized carbons (Fsp3) is 0.154. The number of nitrogens with two attached hydrogens (primary N) is 1. The smallest absolute Gasteiger partial charge is 0.207 e. The van der Waals surface area contributed by atoms with Gasteiger partial charge in [-0.15, -0.1) is 0 Å². The van der Waals surface area contributed by atoms with E-state index in [0.717, 1.165) is 23.0 Å². The molecule has 2 N–H and O–H groups in total. The van der Waals surface area contributed by atoms with Crippen LogP contribution in [0.15, 0.2) is 39.3 Å². The first-order valence-corrected chi connectivity index (χ1v) is 5.52. The van der Waals surface area contributed by atoms with Crippen molar-refractivity contribution in [3.63, 3.8) is 0 Å². The van der Waals surface area contributed by atoms with Crippen LogP contribution in [0.2, 0.25) is 0 Å². The van der Waals surface area contributed by atoms with Crippen molar-refractivity contribution in [2.45, 2.75) is 13.3 Å². The van der Waals surface area contributed by atoms with Gasteiger partial charge in [-0.3, -0.25) is 0 Å². The van der Waals surface area contributed by atoms with Crippen LogP contribution in [0.25, 0.3) is 22.5 Å². The fourth-order valence-corrected chi connectivity index (χ4v) is 1.95. The van der Waals surface area contributed by atoms with Gasteiger partial charge in [-0.2, -0.15) is 0 Å². The van der Waals surface area contributed by atoms with Crippen molar-refractivity contribution in [2.24, 2.45) is 0 Å². The van der Waals surface area contributed by atoms with E-state index in [2.05, 4.69) is 5.16 Å². The van der Waals surface area contributed by atoms with Gasteiger partial charge in [0.25, 0.3) is 0 Å². The van der Waals surface area contributed by atoms with E-state index in [0.29, 0.717) is 17.3 Å². The zero-order chi connectivity index (χ0) is 11.8. The van der Waals surface area contributed by atoms with Gasteiger partial charge in [-0.1, -0.05) is 30.3 Å². The van der Waals surface area contributed by atoms with Crippen molar-refractivity contribution in [3.8, 4) is 11.5 Å². The Morgan fingerprint density at radius 2 is 2.12 bits per heavy atom. The first-order chi connectivity index (χ1) is 8.29. The van der Waals surface area contributed by atoms with E-state index in [1.54, 1.807) is 0 Å². The molecule has 0 spiro atoms. The van der Waals surface area contributed by atoms with E-state index < -0.39 is 0 Å². The SMILES string of the molecule is CCc1c(N)noc1-c1cc2ccccc2o1. The monoisotopic (exact) mass is 228 g/mol. The van der Waals surface area contributed by atoms with Crippen molar-refractivity contribution in [1.82, 2.24) is 5.16 Å². The Bertz CT molecular complexity index is 634. The molecule has 1 aromatic carbocycles. The average molecular weight is 228 g/mol. The Kier molecular flexibility index (Phi) is 2.14. The van der Waals surface area contributed by atoms with Crippen LogP contribution in [0.5, 0.6) is 0 Å². The highest BCUT2D eigenvalue weighted by Gasteiger charge is 2.17. The molecule has 0 aliphatic rings. The number of nitrogens with zero attached hydrogens (tertiary/aromatic N) is 1. The summed E-state index contributed by atoms with van der Waals surface area (Å²) in [6, 6.07) is 9.76. The molecule has 3 aromatic rings.